The van der Waals surface area contributed by atoms with E-state index in [2.05, 4.69) is 0 Å². The molecule has 4 nitrogen and oxygen atoms in total. The number of carboxylic acids is 1. The SMILES string of the molecule is CN(C(=O)c1cc(F)cc(F)c1)C(C)(C)C(=O)O. The molecule has 6 heteroatoms. The molecule has 0 aromatic heterocycles. The van der Waals surface area contributed by atoms with Crippen molar-refractivity contribution in [3.8, 4) is 0 Å². The Labute approximate surface area is 103 Å². The molecule has 0 unspecified atom stereocenters. The Morgan fingerprint density at radius 1 is 1.17 bits per heavy atom. The van der Waals surface area contributed by atoms with Crippen molar-refractivity contribution in [2.24, 2.45) is 0 Å². The van der Waals surface area contributed by atoms with Gasteiger partial charge in [0, 0.05) is 18.7 Å². The van der Waals surface area contributed by atoms with Gasteiger partial charge in [-0.25, -0.2) is 13.6 Å². The second kappa shape index (κ2) is 4.72. The van der Waals surface area contributed by atoms with Crippen LogP contribution in [-0.4, -0.2) is 34.5 Å². The van der Waals surface area contributed by atoms with Gasteiger partial charge in [-0.15, -0.1) is 0 Å². The Bertz CT molecular complexity index is 480. The van der Waals surface area contributed by atoms with Crippen molar-refractivity contribution in [2.75, 3.05) is 7.05 Å². The van der Waals surface area contributed by atoms with Crippen molar-refractivity contribution in [3.05, 3.63) is 35.4 Å². The zero-order chi connectivity index (χ0) is 14.1. The lowest BCUT2D eigenvalue weighted by atomic mass is 10.0. The van der Waals surface area contributed by atoms with Crippen LogP contribution in [0.3, 0.4) is 0 Å². The molecule has 0 radical (unpaired) electrons. The molecule has 0 bridgehead atoms. The van der Waals surface area contributed by atoms with E-state index in [4.69, 9.17) is 5.11 Å². The minimum absolute atomic E-state index is 0.232. The minimum Gasteiger partial charge on any atom is -0.480 e. The Balaban J connectivity index is 3.11. The number of hydrogen-bond donors (Lipinski definition) is 1. The number of carboxylic acid groups (broad SMARTS) is 1. The van der Waals surface area contributed by atoms with E-state index in [1.54, 1.807) is 0 Å². The van der Waals surface area contributed by atoms with Gasteiger partial charge in [-0.1, -0.05) is 0 Å². The molecule has 18 heavy (non-hydrogen) atoms. The third-order valence-electron chi connectivity index (χ3n) is 2.78. The van der Waals surface area contributed by atoms with Crippen LogP contribution in [0.4, 0.5) is 8.78 Å². The number of halogens is 2. The predicted molar refractivity (Wildman–Crippen MR) is 60.2 cm³/mol. The highest BCUT2D eigenvalue weighted by atomic mass is 19.1. The van der Waals surface area contributed by atoms with Crippen molar-refractivity contribution in [1.82, 2.24) is 4.90 Å². The molecule has 1 amide bonds. The van der Waals surface area contributed by atoms with E-state index >= 15 is 0 Å². The first-order valence-electron chi connectivity index (χ1n) is 5.14. The Kier molecular flexibility index (Phi) is 3.69. The van der Waals surface area contributed by atoms with Crippen molar-refractivity contribution in [1.29, 1.82) is 0 Å². The minimum atomic E-state index is -1.47. The van der Waals surface area contributed by atoms with Crippen molar-refractivity contribution in [2.45, 2.75) is 19.4 Å². The van der Waals surface area contributed by atoms with E-state index in [0.717, 1.165) is 17.0 Å². The van der Waals surface area contributed by atoms with Gasteiger partial charge in [0.15, 0.2) is 0 Å². The molecular formula is C12H13F2NO3. The van der Waals surface area contributed by atoms with Gasteiger partial charge in [0.1, 0.15) is 17.2 Å². The molecule has 0 spiro atoms. The lowest BCUT2D eigenvalue weighted by Crippen LogP contribution is -2.50. The predicted octanol–water partition coefficient (Wildman–Crippen LogP) is 1.90. The molecule has 1 aromatic rings. The molecule has 1 aromatic carbocycles. The third kappa shape index (κ3) is 2.64. The molecule has 1 rings (SSSR count). The second-order valence-electron chi connectivity index (χ2n) is 4.39. The van der Waals surface area contributed by atoms with Crippen LogP contribution >= 0.6 is 0 Å². The van der Waals surface area contributed by atoms with Crippen LogP contribution in [0.25, 0.3) is 0 Å². The highest BCUT2D eigenvalue weighted by Gasteiger charge is 2.35. The Hall–Kier alpha value is -1.98. The second-order valence-corrected chi connectivity index (χ2v) is 4.39. The Morgan fingerprint density at radius 3 is 2.00 bits per heavy atom. The van der Waals surface area contributed by atoms with Gasteiger partial charge in [0.25, 0.3) is 5.91 Å². The zero-order valence-electron chi connectivity index (χ0n) is 10.2. The maximum absolute atomic E-state index is 13.0. The summed E-state index contributed by atoms with van der Waals surface area (Å²) in [5.41, 5.74) is -1.70. The summed E-state index contributed by atoms with van der Waals surface area (Å²) in [7, 11) is 1.26. The first-order chi connectivity index (χ1) is 8.16. The first-order valence-corrected chi connectivity index (χ1v) is 5.14. The fourth-order valence-electron chi connectivity index (χ4n) is 1.27. The summed E-state index contributed by atoms with van der Waals surface area (Å²) >= 11 is 0. The quantitative estimate of drug-likeness (QED) is 0.899. The highest BCUT2D eigenvalue weighted by Crippen LogP contribution is 2.17. The number of amides is 1. The van der Waals surface area contributed by atoms with Gasteiger partial charge in [-0.05, 0) is 26.0 Å². The first kappa shape index (κ1) is 14.1. The summed E-state index contributed by atoms with van der Waals surface area (Å²) in [5.74, 6) is -3.75. The molecule has 98 valence electrons. The number of benzene rings is 1. The number of likely N-dealkylation sites (N-methyl/N-ethyl adjacent to an activating group) is 1. The lowest BCUT2D eigenvalue weighted by molar-refractivity contribution is -0.147. The van der Waals surface area contributed by atoms with E-state index < -0.39 is 29.0 Å². The fourth-order valence-corrected chi connectivity index (χ4v) is 1.27. The molecule has 0 atom stereocenters. The molecule has 0 saturated heterocycles. The molecule has 0 heterocycles. The number of aliphatic carboxylic acids is 1. The average Bonchev–Trinajstić information content (AvgIpc) is 2.25. The molecular weight excluding hydrogens is 244 g/mol. The van der Waals surface area contributed by atoms with Crippen LogP contribution in [0.15, 0.2) is 18.2 Å². The van der Waals surface area contributed by atoms with E-state index in [9.17, 15) is 18.4 Å². The normalized spacial score (nSPS) is 11.2. The summed E-state index contributed by atoms with van der Waals surface area (Å²) in [6.45, 7) is 2.64. The van der Waals surface area contributed by atoms with Gasteiger partial charge in [0.2, 0.25) is 0 Å². The summed E-state index contributed by atoms with van der Waals surface area (Å²) < 4.78 is 26.0. The van der Waals surface area contributed by atoms with E-state index in [-0.39, 0.29) is 5.56 Å². The third-order valence-corrected chi connectivity index (χ3v) is 2.78. The van der Waals surface area contributed by atoms with E-state index in [1.165, 1.54) is 20.9 Å². The van der Waals surface area contributed by atoms with Crippen LogP contribution in [0.2, 0.25) is 0 Å². The van der Waals surface area contributed by atoms with Gasteiger partial charge in [-0.3, -0.25) is 4.79 Å². The van der Waals surface area contributed by atoms with Crippen LogP contribution in [-0.2, 0) is 4.79 Å². The van der Waals surface area contributed by atoms with Crippen LogP contribution in [0, 0.1) is 11.6 Å². The van der Waals surface area contributed by atoms with E-state index in [1.807, 2.05) is 0 Å². The molecule has 0 saturated carbocycles. The number of hydrogen-bond acceptors (Lipinski definition) is 2. The van der Waals surface area contributed by atoms with Crippen molar-refractivity contribution < 1.29 is 23.5 Å². The average molecular weight is 257 g/mol. The van der Waals surface area contributed by atoms with Crippen LogP contribution in [0.5, 0.6) is 0 Å². The Morgan fingerprint density at radius 2 is 1.61 bits per heavy atom. The van der Waals surface area contributed by atoms with E-state index in [0.29, 0.717) is 6.07 Å². The summed E-state index contributed by atoms with van der Waals surface area (Å²) in [5, 5.41) is 8.97. The number of rotatable bonds is 3. The molecule has 0 fully saturated rings. The van der Waals surface area contributed by atoms with Gasteiger partial charge >= 0.3 is 5.97 Å². The summed E-state index contributed by atoms with van der Waals surface area (Å²) in [6, 6.07) is 2.36. The molecule has 0 aliphatic carbocycles. The smallest absolute Gasteiger partial charge is 0.329 e. The van der Waals surface area contributed by atoms with Crippen molar-refractivity contribution >= 4 is 11.9 Å². The standard InChI is InChI=1S/C12H13F2NO3/c1-12(2,11(17)18)15(3)10(16)7-4-8(13)6-9(14)5-7/h4-6H,1-3H3,(H,17,18). The highest BCUT2D eigenvalue weighted by molar-refractivity contribution is 5.97. The topological polar surface area (TPSA) is 57.6 Å². The lowest BCUT2D eigenvalue weighted by Gasteiger charge is -2.31. The van der Waals surface area contributed by atoms with Gasteiger partial charge in [-0.2, -0.15) is 0 Å². The number of carbonyl (C=O) groups is 2. The summed E-state index contributed by atoms with van der Waals surface area (Å²) in [4.78, 5) is 23.8. The number of carbonyl (C=O) groups excluding carboxylic acids is 1. The molecule has 0 aliphatic heterocycles. The zero-order valence-corrected chi connectivity index (χ0v) is 10.2. The largest absolute Gasteiger partial charge is 0.480 e. The number of nitrogens with zero attached hydrogens (tertiary/aromatic N) is 1. The van der Waals surface area contributed by atoms with Crippen LogP contribution < -0.4 is 0 Å². The van der Waals surface area contributed by atoms with Crippen LogP contribution in [0.1, 0.15) is 24.2 Å². The van der Waals surface area contributed by atoms with Crippen molar-refractivity contribution in [3.63, 3.8) is 0 Å². The maximum Gasteiger partial charge on any atom is 0.329 e. The molecule has 0 aliphatic rings. The maximum atomic E-state index is 13.0. The van der Waals surface area contributed by atoms with Gasteiger partial charge < -0.3 is 10.0 Å². The fraction of sp³-hybridized carbons (Fsp3) is 0.333. The molecule has 1 N–H and O–H groups in total. The summed E-state index contributed by atoms with van der Waals surface area (Å²) in [6.07, 6.45) is 0. The van der Waals surface area contributed by atoms with Gasteiger partial charge in [0.05, 0.1) is 0 Å². The monoisotopic (exact) mass is 257 g/mol.